The van der Waals surface area contributed by atoms with Gasteiger partial charge in [-0.25, -0.2) is 4.98 Å². The zero-order valence-corrected chi connectivity index (χ0v) is 15.7. The van der Waals surface area contributed by atoms with E-state index < -0.39 is 16.2 Å². The number of hydrogen-bond acceptors (Lipinski definition) is 5. The third-order valence-corrected chi connectivity index (χ3v) is 4.81. The molecule has 0 saturated heterocycles. The first-order valence-electron chi connectivity index (χ1n) is 8.24. The molecule has 0 bridgehead atoms. The summed E-state index contributed by atoms with van der Waals surface area (Å²) in [5.74, 6) is -0.699. The average molecular weight is 389 g/mol. The van der Waals surface area contributed by atoms with Gasteiger partial charge in [0.2, 0.25) is 5.91 Å². The van der Waals surface area contributed by atoms with Gasteiger partial charge >= 0.3 is 0 Å². The topological polar surface area (TPSA) is 105 Å². The molecule has 0 saturated carbocycles. The van der Waals surface area contributed by atoms with Gasteiger partial charge in [0.15, 0.2) is 0 Å². The number of carbonyl (C=O) groups excluding carboxylic acids is 2. The first-order chi connectivity index (χ1) is 12.7. The molecule has 0 atom stereocenters. The van der Waals surface area contributed by atoms with Crippen molar-refractivity contribution in [2.24, 2.45) is 0 Å². The van der Waals surface area contributed by atoms with Crippen molar-refractivity contribution in [1.82, 2.24) is 4.98 Å². The summed E-state index contributed by atoms with van der Waals surface area (Å²) in [7, 11) is 0. The van der Waals surface area contributed by atoms with Crippen LogP contribution in [-0.2, 0) is 10.2 Å². The molecule has 0 spiro atoms. The summed E-state index contributed by atoms with van der Waals surface area (Å²) in [5, 5.41) is 14.2. The minimum absolute atomic E-state index is 0.0236. The summed E-state index contributed by atoms with van der Waals surface area (Å²) in [5.41, 5.74) is 0.226. The highest BCUT2D eigenvalue weighted by Crippen LogP contribution is 2.45. The van der Waals surface area contributed by atoms with Gasteiger partial charge in [0.25, 0.3) is 11.6 Å². The maximum absolute atomic E-state index is 12.6. The van der Waals surface area contributed by atoms with Crippen LogP contribution in [0.2, 0.25) is 5.15 Å². The van der Waals surface area contributed by atoms with Crippen molar-refractivity contribution in [3.8, 4) is 0 Å². The minimum atomic E-state index is -0.847. The second-order valence-electron chi connectivity index (χ2n) is 6.64. The van der Waals surface area contributed by atoms with Crippen LogP contribution < -0.4 is 10.2 Å². The second kappa shape index (κ2) is 6.62. The third-order valence-electron chi connectivity index (χ3n) is 4.61. The number of carbonyl (C=O) groups is 2. The number of fused-ring (bicyclic) bond motifs is 1. The minimum Gasteiger partial charge on any atom is -0.316 e. The van der Waals surface area contributed by atoms with Gasteiger partial charge < -0.3 is 10.2 Å². The van der Waals surface area contributed by atoms with Crippen LogP contribution in [-0.4, -0.2) is 28.3 Å². The summed E-state index contributed by atoms with van der Waals surface area (Å²) in [6.45, 7) is 5.71. The van der Waals surface area contributed by atoms with Gasteiger partial charge in [-0.1, -0.05) is 11.6 Å². The van der Waals surface area contributed by atoms with Gasteiger partial charge in [-0.05, 0) is 44.5 Å². The Morgan fingerprint density at radius 2 is 2.07 bits per heavy atom. The molecule has 0 unspecified atom stereocenters. The Hall–Kier alpha value is -3.00. The highest BCUT2D eigenvalue weighted by molar-refractivity contribution is 6.29. The summed E-state index contributed by atoms with van der Waals surface area (Å²) < 4.78 is 0. The highest BCUT2D eigenvalue weighted by atomic mass is 35.5. The number of anilines is 2. The largest absolute Gasteiger partial charge is 0.316 e. The number of nitrogens with one attached hydrogen (secondary N) is 1. The van der Waals surface area contributed by atoms with E-state index in [-0.39, 0.29) is 28.0 Å². The number of nitrogens with zero attached hydrogens (tertiary/aromatic N) is 3. The summed E-state index contributed by atoms with van der Waals surface area (Å²) in [4.78, 5) is 41.4. The Morgan fingerprint density at radius 1 is 1.37 bits per heavy atom. The summed E-state index contributed by atoms with van der Waals surface area (Å²) >= 11 is 5.79. The van der Waals surface area contributed by atoms with E-state index in [1.807, 2.05) is 0 Å². The second-order valence-corrected chi connectivity index (χ2v) is 7.03. The third kappa shape index (κ3) is 3.12. The standard InChI is InChI=1S/C18H17ClN4O4/c1-4-22-13-9-14(23(26)27)12(8-11(13)18(2,3)17(22)25)21-16(24)10-5-6-20-15(19)7-10/h5-9H,4H2,1-3H3,(H,21,24). The van der Waals surface area contributed by atoms with Crippen LogP contribution in [0.25, 0.3) is 0 Å². The number of amides is 2. The molecule has 0 fully saturated rings. The molecule has 140 valence electrons. The lowest BCUT2D eigenvalue weighted by Gasteiger charge is -2.18. The van der Waals surface area contributed by atoms with E-state index in [0.29, 0.717) is 17.8 Å². The molecule has 2 aromatic rings. The quantitative estimate of drug-likeness (QED) is 0.490. The van der Waals surface area contributed by atoms with E-state index in [2.05, 4.69) is 10.3 Å². The fourth-order valence-electron chi connectivity index (χ4n) is 3.17. The molecule has 27 heavy (non-hydrogen) atoms. The molecule has 8 nitrogen and oxygen atoms in total. The lowest BCUT2D eigenvalue weighted by atomic mass is 9.85. The monoisotopic (exact) mass is 388 g/mol. The van der Waals surface area contributed by atoms with E-state index in [1.165, 1.54) is 35.4 Å². The first-order valence-corrected chi connectivity index (χ1v) is 8.62. The number of nitro groups is 1. The molecular formula is C18H17ClN4O4. The van der Waals surface area contributed by atoms with Gasteiger partial charge in [0.1, 0.15) is 10.8 Å². The molecule has 1 aliphatic rings. The summed E-state index contributed by atoms with van der Waals surface area (Å²) in [6, 6.07) is 5.65. The molecule has 0 radical (unpaired) electrons. The van der Waals surface area contributed by atoms with Crippen molar-refractivity contribution in [2.45, 2.75) is 26.2 Å². The van der Waals surface area contributed by atoms with Crippen LogP contribution in [0.3, 0.4) is 0 Å². The zero-order chi connectivity index (χ0) is 19.9. The van der Waals surface area contributed by atoms with Gasteiger partial charge in [0.05, 0.1) is 16.0 Å². The average Bonchev–Trinajstić information content (AvgIpc) is 2.80. The Morgan fingerprint density at radius 3 is 2.67 bits per heavy atom. The molecule has 1 aliphatic heterocycles. The molecule has 2 amide bonds. The summed E-state index contributed by atoms with van der Waals surface area (Å²) in [6.07, 6.45) is 1.37. The number of aromatic nitrogens is 1. The normalized spacial score (nSPS) is 14.8. The number of hydrogen-bond donors (Lipinski definition) is 1. The van der Waals surface area contributed by atoms with Crippen molar-refractivity contribution in [3.63, 3.8) is 0 Å². The van der Waals surface area contributed by atoms with Gasteiger partial charge in [-0.3, -0.25) is 19.7 Å². The van der Waals surface area contributed by atoms with Crippen LogP contribution in [0.15, 0.2) is 30.5 Å². The predicted octanol–water partition coefficient (Wildman–Crippen LogP) is 3.54. The maximum atomic E-state index is 12.6. The Kier molecular flexibility index (Phi) is 4.61. The number of rotatable bonds is 4. The van der Waals surface area contributed by atoms with Crippen LogP contribution >= 0.6 is 11.6 Å². The first kappa shape index (κ1) is 18.8. The van der Waals surface area contributed by atoms with Crippen molar-refractivity contribution < 1.29 is 14.5 Å². The lowest BCUT2D eigenvalue weighted by molar-refractivity contribution is -0.383. The fraction of sp³-hybridized carbons (Fsp3) is 0.278. The molecule has 2 heterocycles. The molecule has 1 aromatic carbocycles. The number of halogens is 1. The number of benzene rings is 1. The van der Waals surface area contributed by atoms with Crippen molar-refractivity contribution in [2.75, 3.05) is 16.8 Å². The number of pyridine rings is 1. The van der Waals surface area contributed by atoms with Crippen LogP contribution in [0.4, 0.5) is 17.1 Å². The van der Waals surface area contributed by atoms with Gasteiger partial charge in [-0.2, -0.15) is 0 Å². The van der Waals surface area contributed by atoms with Crippen molar-refractivity contribution in [1.29, 1.82) is 0 Å². The number of likely N-dealkylation sites (N-methyl/N-ethyl adjacent to an activating group) is 1. The molecule has 3 rings (SSSR count). The van der Waals surface area contributed by atoms with Crippen molar-refractivity contribution >= 4 is 40.5 Å². The Balaban J connectivity index is 2.09. The Bertz CT molecular complexity index is 974. The molecule has 1 aromatic heterocycles. The van der Waals surface area contributed by atoms with E-state index in [1.54, 1.807) is 20.8 Å². The molecule has 9 heteroatoms. The van der Waals surface area contributed by atoms with Crippen LogP contribution in [0.5, 0.6) is 0 Å². The van der Waals surface area contributed by atoms with Gasteiger partial charge in [-0.15, -0.1) is 0 Å². The van der Waals surface area contributed by atoms with Crippen LogP contribution in [0.1, 0.15) is 36.7 Å². The van der Waals surface area contributed by atoms with Crippen molar-refractivity contribution in [3.05, 3.63) is 56.9 Å². The maximum Gasteiger partial charge on any atom is 0.294 e. The van der Waals surface area contributed by atoms with E-state index in [4.69, 9.17) is 11.6 Å². The predicted molar refractivity (Wildman–Crippen MR) is 101 cm³/mol. The smallest absolute Gasteiger partial charge is 0.294 e. The van der Waals surface area contributed by atoms with E-state index in [9.17, 15) is 19.7 Å². The Labute approximate surface area is 160 Å². The molecular weight excluding hydrogens is 372 g/mol. The van der Waals surface area contributed by atoms with E-state index in [0.717, 1.165) is 0 Å². The lowest BCUT2D eigenvalue weighted by Crippen LogP contribution is -2.35. The fourth-order valence-corrected chi connectivity index (χ4v) is 3.34. The molecule has 1 N–H and O–H groups in total. The highest BCUT2D eigenvalue weighted by Gasteiger charge is 2.44. The van der Waals surface area contributed by atoms with Crippen LogP contribution in [0, 0.1) is 10.1 Å². The zero-order valence-electron chi connectivity index (χ0n) is 14.9. The number of nitro benzene ring substituents is 1. The van der Waals surface area contributed by atoms with E-state index >= 15 is 0 Å². The SMILES string of the molecule is CCN1C(=O)C(C)(C)c2cc(NC(=O)c3ccnc(Cl)c3)c([N+](=O)[O-])cc21. The molecule has 0 aliphatic carbocycles. The van der Waals surface area contributed by atoms with Gasteiger partial charge in [0, 0.05) is 24.4 Å².